The van der Waals surface area contributed by atoms with Crippen LogP contribution < -0.4 is 16.5 Å². The van der Waals surface area contributed by atoms with Crippen molar-refractivity contribution in [2.45, 2.75) is 57.0 Å². The molecule has 1 aliphatic carbocycles. The summed E-state index contributed by atoms with van der Waals surface area (Å²) in [6.45, 7) is 3.78. The zero-order valence-electron chi connectivity index (χ0n) is 16.9. The number of carbonyl (C=O) groups excluding carboxylic acids is 2. The van der Waals surface area contributed by atoms with Gasteiger partial charge in [-0.3, -0.25) is 9.59 Å². The Kier molecular flexibility index (Phi) is 7.13. The Labute approximate surface area is 175 Å². The van der Waals surface area contributed by atoms with Gasteiger partial charge in [0.2, 0.25) is 17.0 Å². The van der Waals surface area contributed by atoms with Crippen LogP contribution in [0.4, 0.5) is 5.69 Å². The molecule has 0 unspecified atom stereocenters. The van der Waals surface area contributed by atoms with E-state index in [9.17, 15) is 9.59 Å². The topological polar surface area (TPSA) is 115 Å². The molecule has 0 aliphatic heterocycles. The average Bonchev–Trinajstić information content (AvgIpc) is 3.09. The summed E-state index contributed by atoms with van der Waals surface area (Å²) in [5.74, 6) is 6.87. The number of para-hydroxylation sites is 1. The van der Waals surface area contributed by atoms with Gasteiger partial charge in [-0.1, -0.05) is 49.2 Å². The van der Waals surface area contributed by atoms with E-state index < -0.39 is 0 Å². The summed E-state index contributed by atoms with van der Waals surface area (Å²) in [5.41, 5.74) is 2.75. The third-order valence-corrected chi connectivity index (χ3v) is 6.13. The van der Waals surface area contributed by atoms with Crippen molar-refractivity contribution >= 4 is 29.3 Å². The quantitative estimate of drug-likeness (QED) is 0.472. The SMILES string of the molecule is Cc1cccc(C)c1NC(=O)CNC(=O)CSc1nnc(C2CCCCC2)n1N. The highest BCUT2D eigenvalue weighted by atomic mass is 32.2. The Morgan fingerprint density at radius 3 is 2.52 bits per heavy atom. The van der Waals surface area contributed by atoms with Gasteiger partial charge in [0.1, 0.15) is 0 Å². The molecule has 0 radical (unpaired) electrons. The average molecular weight is 417 g/mol. The number of aromatic nitrogens is 3. The molecule has 4 N–H and O–H groups in total. The zero-order valence-corrected chi connectivity index (χ0v) is 17.7. The number of benzene rings is 1. The Morgan fingerprint density at radius 2 is 1.83 bits per heavy atom. The first-order valence-corrected chi connectivity index (χ1v) is 10.9. The highest BCUT2D eigenvalue weighted by Crippen LogP contribution is 2.32. The third-order valence-electron chi connectivity index (χ3n) is 5.19. The fraction of sp³-hybridized carbons (Fsp3) is 0.500. The standard InChI is InChI=1S/C20H28N6O2S/c1-13-7-6-8-14(2)18(13)23-16(27)11-22-17(28)12-29-20-25-24-19(26(20)21)15-9-4-3-5-10-15/h6-8,15H,3-5,9-12,21H2,1-2H3,(H,22,28)(H,23,27). The molecule has 0 spiro atoms. The molecule has 0 saturated heterocycles. The van der Waals surface area contributed by atoms with E-state index in [0.717, 1.165) is 35.5 Å². The van der Waals surface area contributed by atoms with Gasteiger partial charge in [-0.05, 0) is 37.8 Å². The lowest BCUT2D eigenvalue weighted by molar-refractivity contribution is -0.122. The molecule has 1 aromatic heterocycles. The van der Waals surface area contributed by atoms with Crippen LogP contribution in [0.25, 0.3) is 0 Å². The van der Waals surface area contributed by atoms with Crippen molar-refractivity contribution in [3.8, 4) is 0 Å². The van der Waals surface area contributed by atoms with Gasteiger partial charge >= 0.3 is 0 Å². The minimum Gasteiger partial charge on any atom is -0.346 e. The second kappa shape index (κ2) is 9.78. The van der Waals surface area contributed by atoms with Crippen molar-refractivity contribution < 1.29 is 9.59 Å². The molecule has 1 fully saturated rings. The second-order valence-corrected chi connectivity index (χ2v) is 8.37. The molecule has 1 aromatic carbocycles. The lowest BCUT2D eigenvalue weighted by Gasteiger charge is -2.20. The van der Waals surface area contributed by atoms with Gasteiger partial charge < -0.3 is 16.5 Å². The highest BCUT2D eigenvalue weighted by Gasteiger charge is 2.22. The Bertz CT molecular complexity index is 856. The smallest absolute Gasteiger partial charge is 0.243 e. The van der Waals surface area contributed by atoms with E-state index in [2.05, 4.69) is 20.8 Å². The molecule has 9 heteroatoms. The number of thioether (sulfide) groups is 1. The van der Waals surface area contributed by atoms with Gasteiger partial charge in [0.05, 0.1) is 12.3 Å². The van der Waals surface area contributed by atoms with Crippen LogP contribution in [-0.2, 0) is 9.59 Å². The fourth-order valence-electron chi connectivity index (χ4n) is 3.58. The molecule has 8 nitrogen and oxygen atoms in total. The van der Waals surface area contributed by atoms with Crippen molar-refractivity contribution in [2.75, 3.05) is 23.5 Å². The minimum absolute atomic E-state index is 0.0875. The van der Waals surface area contributed by atoms with Crippen LogP contribution in [-0.4, -0.2) is 39.0 Å². The highest BCUT2D eigenvalue weighted by molar-refractivity contribution is 7.99. The zero-order chi connectivity index (χ0) is 20.8. The number of rotatable bonds is 7. The maximum Gasteiger partial charge on any atom is 0.243 e. The molecule has 3 rings (SSSR count). The predicted molar refractivity (Wildman–Crippen MR) is 114 cm³/mol. The summed E-state index contributed by atoms with van der Waals surface area (Å²) in [6, 6.07) is 5.81. The number of amides is 2. The van der Waals surface area contributed by atoms with Crippen molar-refractivity contribution in [1.82, 2.24) is 20.2 Å². The van der Waals surface area contributed by atoms with Crippen molar-refractivity contribution in [3.63, 3.8) is 0 Å². The monoisotopic (exact) mass is 416 g/mol. The number of nitrogens with one attached hydrogen (secondary N) is 2. The van der Waals surface area contributed by atoms with Gasteiger partial charge in [0.15, 0.2) is 5.82 Å². The first-order valence-electron chi connectivity index (χ1n) is 9.91. The third kappa shape index (κ3) is 5.50. The van der Waals surface area contributed by atoms with E-state index in [4.69, 9.17) is 5.84 Å². The summed E-state index contributed by atoms with van der Waals surface area (Å²) in [6.07, 6.45) is 5.79. The number of aryl methyl sites for hydroxylation is 2. The normalized spacial score (nSPS) is 14.6. The van der Waals surface area contributed by atoms with Crippen LogP contribution in [0.3, 0.4) is 0 Å². The van der Waals surface area contributed by atoms with Crippen LogP contribution in [0.15, 0.2) is 23.4 Å². The minimum atomic E-state index is -0.262. The summed E-state index contributed by atoms with van der Waals surface area (Å²) in [7, 11) is 0. The van der Waals surface area contributed by atoms with E-state index in [1.54, 1.807) is 0 Å². The molecule has 0 atom stereocenters. The summed E-state index contributed by atoms with van der Waals surface area (Å²) in [5, 5.41) is 14.3. The number of hydrogen-bond acceptors (Lipinski definition) is 6. The van der Waals surface area contributed by atoms with Crippen molar-refractivity contribution in [1.29, 1.82) is 0 Å². The molecule has 1 aliphatic rings. The maximum absolute atomic E-state index is 12.1. The first-order chi connectivity index (χ1) is 14.0. The van der Waals surface area contributed by atoms with Crippen molar-refractivity contribution in [2.24, 2.45) is 0 Å². The Morgan fingerprint density at radius 1 is 1.14 bits per heavy atom. The van der Waals surface area contributed by atoms with Crippen LogP contribution in [0.1, 0.15) is 55.0 Å². The second-order valence-electron chi connectivity index (χ2n) is 7.43. The van der Waals surface area contributed by atoms with Gasteiger partial charge in [-0.15, -0.1) is 10.2 Å². The van der Waals surface area contributed by atoms with Crippen molar-refractivity contribution in [3.05, 3.63) is 35.2 Å². The Hall–Kier alpha value is -2.55. The van der Waals surface area contributed by atoms with Gasteiger partial charge in [-0.2, -0.15) is 0 Å². The van der Waals surface area contributed by atoms with Crippen LogP contribution in [0.2, 0.25) is 0 Å². The molecule has 2 aromatic rings. The lowest BCUT2D eigenvalue weighted by Crippen LogP contribution is -2.34. The molecule has 0 bridgehead atoms. The molecule has 1 saturated carbocycles. The first kappa shape index (κ1) is 21.2. The van der Waals surface area contributed by atoms with Crippen LogP contribution in [0.5, 0.6) is 0 Å². The van der Waals surface area contributed by atoms with E-state index in [1.807, 2.05) is 32.0 Å². The molecule has 29 heavy (non-hydrogen) atoms. The molecular formula is C20H28N6O2S. The van der Waals surface area contributed by atoms with E-state index in [1.165, 1.54) is 35.7 Å². The number of carbonyl (C=O) groups is 2. The predicted octanol–water partition coefficient (Wildman–Crippen LogP) is 2.50. The van der Waals surface area contributed by atoms with Gasteiger partial charge in [0.25, 0.3) is 0 Å². The van der Waals surface area contributed by atoms with Gasteiger partial charge in [-0.25, -0.2) is 4.68 Å². The van der Waals surface area contributed by atoms with E-state index in [-0.39, 0.29) is 24.1 Å². The van der Waals surface area contributed by atoms with E-state index in [0.29, 0.717) is 11.1 Å². The number of nitrogens with zero attached hydrogens (tertiary/aromatic N) is 3. The maximum atomic E-state index is 12.1. The summed E-state index contributed by atoms with van der Waals surface area (Å²) in [4.78, 5) is 24.3. The molecule has 2 amide bonds. The number of nitrogens with two attached hydrogens (primary N) is 1. The Balaban J connectivity index is 1.45. The lowest BCUT2D eigenvalue weighted by atomic mass is 9.89. The van der Waals surface area contributed by atoms with E-state index >= 15 is 0 Å². The molecule has 1 heterocycles. The number of hydrogen-bond donors (Lipinski definition) is 3. The number of anilines is 1. The summed E-state index contributed by atoms with van der Waals surface area (Å²) < 4.78 is 1.50. The molecule has 156 valence electrons. The van der Waals surface area contributed by atoms with Crippen LogP contribution >= 0.6 is 11.8 Å². The number of nitrogen functional groups attached to an aromatic ring is 1. The largest absolute Gasteiger partial charge is 0.346 e. The van der Waals surface area contributed by atoms with Gasteiger partial charge in [0, 0.05) is 11.6 Å². The molecular weight excluding hydrogens is 388 g/mol. The van der Waals surface area contributed by atoms with Crippen LogP contribution in [0, 0.1) is 13.8 Å². The fourth-order valence-corrected chi connectivity index (χ4v) is 4.27. The summed E-state index contributed by atoms with van der Waals surface area (Å²) >= 11 is 1.22.